The minimum atomic E-state index is -0.108. The van der Waals surface area contributed by atoms with E-state index in [2.05, 4.69) is 20.4 Å². The van der Waals surface area contributed by atoms with E-state index in [-0.39, 0.29) is 5.56 Å². The van der Waals surface area contributed by atoms with Crippen molar-refractivity contribution in [2.75, 3.05) is 11.9 Å². The van der Waals surface area contributed by atoms with E-state index in [1.165, 1.54) is 6.33 Å². The SMILES string of the molecule is CCNc1cccc(Cn2cnc3c(cnn3C)c2=O)n1. The largest absolute Gasteiger partial charge is 0.370 e. The lowest BCUT2D eigenvalue weighted by atomic mass is 10.3. The molecule has 0 aliphatic carbocycles. The van der Waals surface area contributed by atoms with E-state index in [0.717, 1.165) is 18.1 Å². The van der Waals surface area contributed by atoms with Crippen molar-refractivity contribution >= 4 is 16.9 Å². The highest BCUT2D eigenvalue weighted by Gasteiger charge is 2.08. The van der Waals surface area contributed by atoms with Crippen molar-refractivity contribution in [2.24, 2.45) is 7.05 Å². The van der Waals surface area contributed by atoms with Crippen molar-refractivity contribution in [3.8, 4) is 0 Å². The molecule has 3 aromatic rings. The molecule has 0 aliphatic rings. The van der Waals surface area contributed by atoms with Crippen molar-refractivity contribution in [3.63, 3.8) is 0 Å². The molecule has 7 heteroatoms. The maximum atomic E-state index is 12.4. The third-order valence-corrected chi connectivity index (χ3v) is 3.22. The van der Waals surface area contributed by atoms with Crippen LogP contribution in [0.4, 0.5) is 5.82 Å². The van der Waals surface area contributed by atoms with Crippen LogP contribution in [0.25, 0.3) is 11.0 Å². The Hall–Kier alpha value is -2.70. The lowest BCUT2D eigenvalue weighted by Gasteiger charge is -2.07. The summed E-state index contributed by atoms with van der Waals surface area (Å²) in [5, 5.41) is 7.73. The second-order valence-corrected chi connectivity index (χ2v) is 4.73. The van der Waals surface area contributed by atoms with E-state index in [0.29, 0.717) is 17.6 Å². The summed E-state index contributed by atoms with van der Waals surface area (Å²) in [6, 6.07) is 5.71. The van der Waals surface area contributed by atoms with Crippen LogP contribution in [0.5, 0.6) is 0 Å². The molecular weight excluding hydrogens is 268 g/mol. The molecule has 7 nitrogen and oxygen atoms in total. The molecule has 0 unspecified atom stereocenters. The quantitative estimate of drug-likeness (QED) is 0.773. The van der Waals surface area contributed by atoms with Crippen LogP contribution in [-0.4, -0.2) is 30.9 Å². The van der Waals surface area contributed by atoms with E-state index in [9.17, 15) is 4.79 Å². The number of aryl methyl sites for hydroxylation is 1. The zero-order valence-electron chi connectivity index (χ0n) is 11.9. The van der Waals surface area contributed by atoms with Gasteiger partial charge in [0.25, 0.3) is 5.56 Å². The molecule has 0 saturated carbocycles. The molecule has 0 radical (unpaired) electrons. The Labute approximate surface area is 121 Å². The first kappa shape index (κ1) is 13.3. The predicted molar refractivity (Wildman–Crippen MR) is 80.3 cm³/mol. The zero-order chi connectivity index (χ0) is 14.8. The Balaban J connectivity index is 1.96. The molecule has 0 saturated heterocycles. The fourth-order valence-electron chi connectivity index (χ4n) is 2.20. The summed E-state index contributed by atoms with van der Waals surface area (Å²) in [5.74, 6) is 0.804. The van der Waals surface area contributed by atoms with Gasteiger partial charge in [-0.05, 0) is 19.1 Å². The maximum Gasteiger partial charge on any atom is 0.264 e. The molecule has 0 fully saturated rings. The smallest absolute Gasteiger partial charge is 0.264 e. The number of hydrogen-bond donors (Lipinski definition) is 1. The maximum absolute atomic E-state index is 12.4. The number of aromatic nitrogens is 5. The normalized spacial score (nSPS) is 11.0. The van der Waals surface area contributed by atoms with E-state index >= 15 is 0 Å². The molecule has 3 rings (SSSR count). The highest BCUT2D eigenvalue weighted by Crippen LogP contribution is 2.07. The Morgan fingerprint density at radius 3 is 3.00 bits per heavy atom. The number of pyridine rings is 1. The molecule has 0 atom stereocenters. The first-order valence-electron chi connectivity index (χ1n) is 6.76. The minimum absolute atomic E-state index is 0.108. The van der Waals surface area contributed by atoms with Gasteiger partial charge in [0.05, 0.1) is 18.4 Å². The van der Waals surface area contributed by atoms with Crippen molar-refractivity contribution in [1.29, 1.82) is 0 Å². The van der Waals surface area contributed by atoms with Gasteiger partial charge in [0.2, 0.25) is 0 Å². The Morgan fingerprint density at radius 2 is 2.19 bits per heavy atom. The number of fused-ring (bicyclic) bond motifs is 1. The van der Waals surface area contributed by atoms with Crippen LogP contribution in [0.15, 0.2) is 35.5 Å². The number of hydrogen-bond acceptors (Lipinski definition) is 5. The minimum Gasteiger partial charge on any atom is -0.370 e. The van der Waals surface area contributed by atoms with Crippen molar-refractivity contribution in [1.82, 2.24) is 24.3 Å². The predicted octanol–water partition coefficient (Wildman–Crippen LogP) is 1.01. The molecule has 0 aliphatic heterocycles. The first-order chi connectivity index (χ1) is 10.2. The van der Waals surface area contributed by atoms with Crippen LogP contribution in [0.1, 0.15) is 12.6 Å². The molecule has 1 N–H and O–H groups in total. The molecular formula is C14H16N6O. The van der Waals surface area contributed by atoms with E-state index < -0.39 is 0 Å². The van der Waals surface area contributed by atoms with Gasteiger partial charge in [-0.1, -0.05) is 6.07 Å². The molecule has 0 aromatic carbocycles. The van der Waals surface area contributed by atoms with Gasteiger partial charge in [0.15, 0.2) is 5.65 Å². The molecule has 108 valence electrons. The summed E-state index contributed by atoms with van der Waals surface area (Å²) >= 11 is 0. The number of anilines is 1. The second-order valence-electron chi connectivity index (χ2n) is 4.73. The van der Waals surface area contributed by atoms with Gasteiger partial charge in [0.1, 0.15) is 17.5 Å². The Bertz CT molecular complexity index is 835. The van der Waals surface area contributed by atoms with Gasteiger partial charge >= 0.3 is 0 Å². The topological polar surface area (TPSA) is 77.6 Å². The average molecular weight is 284 g/mol. The van der Waals surface area contributed by atoms with Gasteiger partial charge in [-0.15, -0.1) is 0 Å². The standard InChI is InChI=1S/C14H16N6O/c1-3-15-12-6-4-5-10(18-12)8-20-9-16-13-11(14(20)21)7-17-19(13)2/h4-7,9H,3,8H2,1-2H3,(H,15,18). The van der Waals surface area contributed by atoms with Gasteiger partial charge in [-0.2, -0.15) is 5.10 Å². The van der Waals surface area contributed by atoms with Crippen molar-refractivity contribution < 1.29 is 0 Å². The van der Waals surface area contributed by atoms with Crippen LogP contribution in [0, 0.1) is 0 Å². The summed E-state index contributed by atoms with van der Waals surface area (Å²) in [6.45, 7) is 3.20. The molecule has 0 amide bonds. The average Bonchev–Trinajstić information content (AvgIpc) is 2.85. The van der Waals surface area contributed by atoms with Crippen LogP contribution >= 0.6 is 0 Å². The van der Waals surface area contributed by atoms with E-state index in [1.54, 1.807) is 22.5 Å². The zero-order valence-corrected chi connectivity index (χ0v) is 11.9. The lowest BCUT2D eigenvalue weighted by molar-refractivity contribution is 0.723. The number of nitrogens with one attached hydrogen (secondary N) is 1. The van der Waals surface area contributed by atoms with Gasteiger partial charge in [0, 0.05) is 13.6 Å². The van der Waals surface area contributed by atoms with Crippen LogP contribution in [0.3, 0.4) is 0 Å². The van der Waals surface area contributed by atoms with Gasteiger partial charge < -0.3 is 5.32 Å². The molecule has 21 heavy (non-hydrogen) atoms. The third kappa shape index (κ3) is 2.49. The molecule has 0 bridgehead atoms. The summed E-state index contributed by atoms with van der Waals surface area (Å²) in [6.07, 6.45) is 3.08. The van der Waals surface area contributed by atoms with Gasteiger partial charge in [-0.25, -0.2) is 9.97 Å². The number of rotatable bonds is 4. The molecule has 3 heterocycles. The highest BCUT2D eigenvalue weighted by molar-refractivity contribution is 5.72. The molecule has 3 aromatic heterocycles. The first-order valence-corrected chi connectivity index (χ1v) is 6.76. The van der Waals surface area contributed by atoms with E-state index in [4.69, 9.17) is 0 Å². The summed E-state index contributed by atoms with van der Waals surface area (Å²) in [5.41, 5.74) is 1.29. The lowest BCUT2D eigenvalue weighted by Crippen LogP contribution is -2.21. The Morgan fingerprint density at radius 1 is 1.33 bits per heavy atom. The van der Waals surface area contributed by atoms with Gasteiger partial charge in [-0.3, -0.25) is 14.0 Å². The summed E-state index contributed by atoms with van der Waals surface area (Å²) < 4.78 is 3.13. The van der Waals surface area contributed by atoms with Crippen LogP contribution < -0.4 is 10.9 Å². The fraction of sp³-hybridized carbons (Fsp3) is 0.286. The van der Waals surface area contributed by atoms with Crippen LogP contribution in [-0.2, 0) is 13.6 Å². The molecule has 0 spiro atoms. The summed E-state index contributed by atoms with van der Waals surface area (Å²) in [4.78, 5) is 21.1. The van der Waals surface area contributed by atoms with E-state index in [1.807, 2.05) is 25.1 Å². The number of nitrogens with zero attached hydrogens (tertiary/aromatic N) is 5. The third-order valence-electron chi connectivity index (χ3n) is 3.22. The fourth-order valence-corrected chi connectivity index (χ4v) is 2.20. The van der Waals surface area contributed by atoms with Crippen molar-refractivity contribution in [2.45, 2.75) is 13.5 Å². The highest BCUT2D eigenvalue weighted by atomic mass is 16.1. The monoisotopic (exact) mass is 284 g/mol. The summed E-state index contributed by atoms with van der Waals surface area (Å²) in [7, 11) is 1.76. The second kappa shape index (κ2) is 5.35. The van der Waals surface area contributed by atoms with Crippen LogP contribution in [0.2, 0.25) is 0 Å². The van der Waals surface area contributed by atoms with Crippen molar-refractivity contribution in [3.05, 3.63) is 46.8 Å². The Kier molecular flexibility index (Phi) is 3.39.